The van der Waals surface area contributed by atoms with E-state index in [0.717, 1.165) is 26.3 Å². The minimum absolute atomic E-state index is 0.605. The maximum atomic E-state index is 8.24. The zero-order valence-electron chi connectivity index (χ0n) is 6.68. The minimum Gasteiger partial charge on any atom is -0.381 e. The van der Waals surface area contributed by atoms with Crippen LogP contribution in [0.1, 0.15) is 12.8 Å². The van der Waals surface area contributed by atoms with E-state index in [9.17, 15) is 0 Å². The van der Waals surface area contributed by atoms with E-state index in [1.807, 2.05) is 0 Å². The number of rotatable bonds is 4. The normalized spacial score (nSPS) is 23.4. The van der Waals surface area contributed by atoms with Crippen LogP contribution in [0.25, 0.3) is 0 Å². The Balaban J connectivity index is 1.90. The van der Waals surface area contributed by atoms with Gasteiger partial charge in [-0.1, -0.05) is 0 Å². The van der Waals surface area contributed by atoms with E-state index in [0.29, 0.717) is 12.3 Å². The lowest BCUT2D eigenvalue weighted by atomic mass is 10.1. The molecule has 1 heterocycles. The zero-order chi connectivity index (χ0) is 7.94. The molecular formula is C8H14N2O. The Hall–Kier alpha value is -0.590. The van der Waals surface area contributed by atoms with Gasteiger partial charge in [-0.15, -0.1) is 0 Å². The molecule has 0 radical (unpaired) electrons. The summed E-state index contributed by atoms with van der Waals surface area (Å²) in [6, 6.07) is 2.10. The summed E-state index contributed by atoms with van der Waals surface area (Å²) in [5.74, 6) is 0.675. The summed E-state index contributed by atoms with van der Waals surface area (Å²) in [6.07, 6.45) is 1.77. The fourth-order valence-electron chi connectivity index (χ4n) is 1.19. The summed E-state index contributed by atoms with van der Waals surface area (Å²) >= 11 is 0. The van der Waals surface area contributed by atoms with Crippen molar-refractivity contribution in [3.63, 3.8) is 0 Å². The highest BCUT2D eigenvalue weighted by molar-refractivity contribution is 4.72. The van der Waals surface area contributed by atoms with Gasteiger partial charge in [0.05, 0.1) is 12.7 Å². The molecule has 1 atom stereocenters. The Morgan fingerprint density at radius 2 is 2.55 bits per heavy atom. The number of hydrogen-bond donors (Lipinski definition) is 1. The molecule has 1 N–H and O–H groups in total. The summed E-state index contributed by atoms with van der Waals surface area (Å²) in [6.45, 7) is 3.61. The minimum atomic E-state index is 0.605. The molecule has 0 aromatic carbocycles. The molecule has 1 fully saturated rings. The van der Waals surface area contributed by atoms with Crippen molar-refractivity contribution in [3.05, 3.63) is 0 Å². The van der Waals surface area contributed by atoms with Crippen LogP contribution >= 0.6 is 0 Å². The van der Waals surface area contributed by atoms with Crippen molar-refractivity contribution in [2.45, 2.75) is 12.8 Å². The molecule has 3 heteroatoms. The Morgan fingerprint density at radius 3 is 3.18 bits per heavy atom. The van der Waals surface area contributed by atoms with E-state index in [4.69, 9.17) is 10.00 Å². The molecule has 0 saturated carbocycles. The zero-order valence-corrected chi connectivity index (χ0v) is 6.68. The van der Waals surface area contributed by atoms with Crippen LogP contribution in [0.5, 0.6) is 0 Å². The van der Waals surface area contributed by atoms with Crippen molar-refractivity contribution in [1.29, 1.82) is 5.26 Å². The van der Waals surface area contributed by atoms with Crippen LogP contribution < -0.4 is 5.32 Å². The van der Waals surface area contributed by atoms with Crippen LogP contribution in [-0.4, -0.2) is 26.3 Å². The first-order valence-corrected chi connectivity index (χ1v) is 4.09. The lowest BCUT2D eigenvalue weighted by Crippen LogP contribution is -2.23. The van der Waals surface area contributed by atoms with Gasteiger partial charge in [-0.2, -0.15) is 5.26 Å². The SMILES string of the molecule is N#CCCNCC1CCOC1. The molecule has 0 aromatic rings. The Labute approximate surface area is 67.3 Å². The second-order valence-electron chi connectivity index (χ2n) is 2.84. The smallest absolute Gasteiger partial charge is 0.0635 e. The van der Waals surface area contributed by atoms with Gasteiger partial charge in [-0.05, 0) is 12.3 Å². The van der Waals surface area contributed by atoms with E-state index in [-0.39, 0.29) is 0 Å². The Morgan fingerprint density at radius 1 is 1.64 bits per heavy atom. The van der Waals surface area contributed by atoms with Crippen LogP contribution in [-0.2, 0) is 4.74 Å². The summed E-state index contributed by atoms with van der Waals surface area (Å²) in [5, 5.41) is 11.5. The van der Waals surface area contributed by atoms with E-state index in [1.165, 1.54) is 6.42 Å². The van der Waals surface area contributed by atoms with Gasteiger partial charge >= 0.3 is 0 Å². The molecule has 1 unspecified atom stereocenters. The van der Waals surface area contributed by atoms with Gasteiger partial charge in [-0.25, -0.2) is 0 Å². The van der Waals surface area contributed by atoms with E-state index < -0.39 is 0 Å². The van der Waals surface area contributed by atoms with Crippen LogP contribution in [0.3, 0.4) is 0 Å². The highest BCUT2D eigenvalue weighted by Crippen LogP contribution is 2.10. The maximum Gasteiger partial charge on any atom is 0.0635 e. The molecule has 1 aliphatic heterocycles. The molecule has 1 saturated heterocycles. The molecule has 0 aromatic heterocycles. The van der Waals surface area contributed by atoms with Crippen molar-refractivity contribution >= 4 is 0 Å². The molecule has 3 nitrogen and oxygen atoms in total. The van der Waals surface area contributed by atoms with Crippen LogP contribution in [0, 0.1) is 17.2 Å². The average molecular weight is 154 g/mol. The predicted molar refractivity (Wildman–Crippen MR) is 42.0 cm³/mol. The third-order valence-electron chi connectivity index (χ3n) is 1.87. The summed E-state index contributed by atoms with van der Waals surface area (Å²) in [7, 11) is 0. The van der Waals surface area contributed by atoms with Crippen LogP contribution in [0.2, 0.25) is 0 Å². The molecule has 0 spiro atoms. The van der Waals surface area contributed by atoms with E-state index in [1.54, 1.807) is 0 Å². The number of nitrogens with one attached hydrogen (secondary N) is 1. The number of ether oxygens (including phenoxy) is 1. The lowest BCUT2D eigenvalue weighted by molar-refractivity contribution is 0.185. The average Bonchev–Trinajstić information content (AvgIpc) is 2.50. The van der Waals surface area contributed by atoms with Crippen LogP contribution in [0.15, 0.2) is 0 Å². The fourth-order valence-corrected chi connectivity index (χ4v) is 1.19. The second-order valence-corrected chi connectivity index (χ2v) is 2.84. The standard InChI is InChI=1S/C8H14N2O/c9-3-1-4-10-6-8-2-5-11-7-8/h8,10H,1-2,4-7H2. The van der Waals surface area contributed by atoms with Crippen molar-refractivity contribution in [2.24, 2.45) is 5.92 Å². The van der Waals surface area contributed by atoms with Crippen molar-refractivity contribution in [3.8, 4) is 6.07 Å². The molecular weight excluding hydrogens is 140 g/mol. The van der Waals surface area contributed by atoms with E-state index >= 15 is 0 Å². The molecule has 62 valence electrons. The summed E-state index contributed by atoms with van der Waals surface area (Å²) in [4.78, 5) is 0. The molecule has 11 heavy (non-hydrogen) atoms. The Bertz CT molecular complexity index is 136. The van der Waals surface area contributed by atoms with Crippen LogP contribution in [0.4, 0.5) is 0 Å². The fraction of sp³-hybridized carbons (Fsp3) is 0.875. The number of nitrogens with zero attached hydrogens (tertiary/aromatic N) is 1. The summed E-state index contributed by atoms with van der Waals surface area (Å²) in [5.41, 5.74) is 0. The van der Waals surface area contributed by atoms with Crippen molar-refractivity contribution in [1.82, 2.24) is 5.32 Å². The van der Waals surface area contributed by atoms with Crippen molar-refractivity contribution in [2.75, 3.05) is 26.3 Å². The first-order chi connectivity index (χ1) is 5.43. The van der Waals surface area contributed by atoms with Crippen molar-refractivity contribution < 1.29 is 4.74 Å². The summed E-state index contributed by atoms with van der Waals surface area (Å²) < 4.78 is 5.21. The quantitative estimate of drug-likeness (QED) is 0.601. The monoisotopic (exact) mass is 154 g/mol. The van der Waals surface area contributed by atoms with Gasteiger partial charge in [0.2, 0.25) is 0 Å². The highest BCUT2D eigenvalue weighted by Gasteiger charge is 2.14. The maximum absolute atomic E-state index is 8.24. The van der Waals surface area contributed by atoms with E-state index in [2.05, 4.69) is 11.4 Å². The third-order valence-corrected chi connectivity index (χ3v) is 1.87. The Kier molecular flexibility index (Phi) is 3.95. The predicted octanol–water partition coefficient (Wildman–Crippen LogP) is 0.526. The number of nitriles is 1. The first kappa shape index (κ1) is 8.51. The van der Waals surface area contributed by atoms with Gasteiger partial charge in [0, 0.05) is 26.1 Å². The molecule has 1 rings (SSSR count). The van der Waals surface area contributed by atoms with Gasteiger partial charge in [0.15, 0.2) is 0 Å². The first-order valence-electron chi connectivity index (χ1n) is 4.09. The highest BCUT2D eigenvalue weighted by atomic mass is 16.5. The molecule has 1 aliphatic rings. The van der Waals surface area contributed by atoms with Gasteiger partial charge in [-0.3, -0.25) is 0 Å². The van der Waals surface area contributed by atoms with Gasteiger partial charge in [0.25, 0.3) is 0 Å². The molecule has 0 amide bonds. The second kappa shape index (κ2) is 5.11. The third kappa shape index (κ3) is 3.35. The molecule has 0 aliphatic carbocycles. The number of hydrogen-bond acceptors (Lipinski definition) is 3. The lowest BCUT2D eigenvalue weighted by Gasteiger charge is -2.06. The topological polar surface area (TPSA) is 45.0 Å². The van der Waals surface area contributed by atoms with Gasteiger partial charge < -0.3 is 10.1 Å². The van der Waals surface area contributed by atoms with Gasteiger partial charge in [0.1, 0.15) is 0 Å². The largest absolute Gasteiger partial charge is 0.381 e. The molecule has 0 bridgehead atoms.